The van der Waals surface area contributed by atoms with Gasteiger partial charge in [-0.25, -0.2) is 4.90 Å². The van der Waals surface area contributed by atoms with Crippen molar-refractivity contribution in [1.29, 1.82) is 21.0 Å². The van der Waals surface area contributed by atoms with Crippen LogP contribution in [0.15, 0.2) is 90.0 Å². The van der Waals surface area contributed by atoms with Gasteiger partial charge in [-0.3, -0.25) is 9.59 Å². The standard InChI is InChI=1S/C41H31N5O2/c1-23(2)31-6-5-7-32(24(3)4)39(31)46-40(47)34-15-13-28(17-38(34)41(46)48)26-10-8-25(9-11-26)27-12-14-33-35(29(19-42)20-43)18-36(37(33)16-27)30(21-44)22-45/h5-17,23-26H,18H2,1-4H3. The van der Waals surface area contributed by atoms with Crippen LogP contribution in [0.5, 0.6) is 0 Å². The van der Waals surface area contributed by atoms with Gasteiger partial charge in [0.25, 0.3) is 11.8 Å². The molecule has 0 unspecified atom stereocenters. The highest BCUT2D eigenvalue weighted by molar-refractivity contribution is 6.35. The molecule has 0 atom stereocenters. The molecule has 1 heterocycles. The Hall–Kier alpha value is -6.28. The molecule has 0 N–H and O–H groups in total. The van der Waals surface area contributed by atoms with E-state index in [1.807, 2.05) is 72.8 Å². The SMILES string of the molecule is CC(C)c1cccc(C(C)C)c1N1C(=O)c2ccc(C3C=CC(c4ccc5c(c4)C(=C(C#N)C#N)CC5=C(C#N)C#N)C=C3)cc2C1=O. The van der Waals surface area contributed by atoms with E-state index in [0.717, 1.165) is 22.3 Å². The predicted octanol–water partition coefficient (Wildman–Crippen LogP) is 8.73. The predicted molar refractivity (Wildman–Crippen MR) is 183 cm³/mol. The van der Waals surface area contributed by atoms with Gasteiger partial charge >= 0.3 is 0 Å². The zero-order valence-electron chi connectivity index (χ0n) is 27.1. The lowest BCUT2D eigenvalue weighted by atomic mass is 9.85. The molecule has 0 saturated heterocycles. The Morgan fingerprint density at radius 2 is 1.06 bits per heavy atom. The summed E-state index contributed by atoms with van der Waals surface area (Å²) in [4.78, 5) is 29.0. The largest absolute Gasteiger partial charge is 0.268 e. The second kappa shape index (κ2) is 12.5. The Labute approximate surface area is 280 Å². The summed E-state index contributed by atoms with van der Waals surface area (Å²) in [5.74, 6) is -0.577. The van der Waals surface area contributed by atoms with Crippen LogP contribution in [0.25, 0.3) is 11.1 Å². The van der Waals surface area contributed by atoms with E-state index in [-0.39, 0.29) is 53.1 Å². The molecule has 6 rings (SSSR count). The quantitative estimate of drug-likeness (QED) is 0.158. The molecule has 0 spiro atoms. The molecular formula is C41H31N5O2. The van der Waals surface area contributed by atoms with Crippen molar-refractivity contribution in [1.82, 2.24) is 0 Å². The summed E-state index contributed by atoms with van der Waals surface area (Å²) in [7, 11) is 0. The minimum atomic E-state index is -0.311. The second-order valence-corrected chi connectivity index (χ2v) is 12.8. The molecule has 0 bridgehead atoms. The molecule has 0 radical (unpaired) electrons. The molecule has 2 aliphatic carbocycles. The highest BCUT2D eigenvalue weighted by Gasteiger charge is 2.39. The highest BCUT2D eigenvalue weighted by Crippen LogP contribution is 2.45. The van der Waals surface area contributed by atoms with Gasteiger partial charge < -0.3 is 0 Å². The number of imide groups is 1. The van der Waals surface area contributed by atoms with Gasteiger partial charge in [-0.2, -0.15) is 21.0 Å². The summed E-state index contributed by atoms with van der Waals surface area (Å²) < 4.78 is 0. The van der Waals surface area contributed by atoms with Crippen LogP contribution < -0.4 is 4.90 Å². The zero-order valence-corrected chi connectivity index (χ0v) is 27.1. The number of anilines is 1. The van der Waals surface area contributed by atoms with Crippen LogP contribution in [0.2, 0.25) is 0 Å². The molecule has 7 heteroatoms. The fraction of sp³-hybridized carbons (Fsp3) is 0.220. The van der Waals surface area contributed by atoms with Gasteiger partial charge in [-0.05, 0) is 74.6 Å². The number of carbonyl (C=O) groups excluding carboxylic acids is 2. The summed E-state index contributed by atoms with van der Waals surface area (Å²) in [6.45, 7) is 8.26. The van der Waals surface area contributed by atoms with E-state index in [1.54, 1.807) is 6.07 Å². The molecule has 0 saturated carbocycles. The molecule has 232 valence electrons. The van der Waals surface area contributed by atoms with E-state index >= 15 is 0 Å². The zero-order chi connectivity index (χ0) is 34.3. The molecular weight excluding hydrogens is 594 g/mol. The average Bonchev–Trinajstić information content (AvgIpc) is 3.59. The third kappa shape index (κ3) is 5.13. The van der Waals surface area contributed by atoms with Crippen LogP contribution in [0.1, 0.15) is 112 Å². The minimum Gasteiger partial charge on any atom is -0.268 e. The number of para-hydroxylation sites is 1. The van der Waals surface area contributed by atoms with Crippen molar-refractivity contribution >= 4 is 28.6 Å². The van der Waals surface area contributed by atoms with E-state index in [4.69, 9.17) is 0 Å². The van der Waals surface area contributed by atoms with Crippen molar-refractivity contribution in [2.45, 2.75) is 57.8 Å². The fourth-order valence-electron chi connectivity index (χ4n) is 6.91. The van der Waals surface area contributed by atoms with E-state index in [2.05, 4.69) is 52.0 Å². The van der Waals surface area contributed by atoms with E-state index in [0.29, 0.717) is 39.1 Å². The third-order valence-corrected chi connectivity index (χ3v) is 9.40. The van der Waals surface area contributed by atoms with Crippen molar-refractivity contribution < 1.29 is 9.59 Å². The number of benzene rings is 3. The number of carbonyl (C=O) groups is 2. The first-order valence-corrected chi connectivity index (χ1v) is 15.9. The Kier molecular flexibility index (Phi) is 8.25. The number of hydrogen-bond acceptors (Lipinski definition) is 6. The number of fused-ring (bicyclic) bond motifs is 2. The van der Waals surface area contributed by atoms with Crippen LogP contribution in [-0.2, 0) is 0 Å². The Balaban J connectivity index is 1.30. The molecule has 48 heavy (non-hydrogen) atoms. The summed E-state index contributed by atoms with van der Waals surface area (Å²) in [6.07, 6.45) is 8.42. The number of rotatable bonds is 5. The normalized spacial score (nSPS) is 17.6. The fourth-order valence-corrected chi connectivity index (χ4v) is 6.91. The summed E-state index contributed by atoms with van der Waals surface area (Å²) in [6, 6.07) is 24.9. The topological polar surface area (TPSA) is 133 Å². The first-order valence-electron chi connectivity index (χ1n) is 15.9. The van der Waals surface area contributed by atoms with E-state index < -0.39 is 0 Å². The van der Waals surface area contributed by atoms with Crippen molar-refractivity contribution in [2.75, 3.05) is 4.90 Å². The lowest BCUT2D eigenvalue weighted by Crippen LogP contribution is -2.31. The Morgan fingerprint density at radius 1 is 0.625 bits per heavy atom. The van der Waals surface area contributed by atoms with Crippen LogP contribution in [0.3, 0.4) is 0 Å². The van der Waals surface area contributed by atoms with Crippen LogP contribution >= 0.6 is 0 Å². The maximum atomic E-state index is 13.9. The Morgan fingerprint density at radius 3 is 1.54 bits per heavy atom. The number of nitriles is 4. The molecule has 3 aromatic carbocycles. The smallest absolute Gasteiger partial charge is 0.266 e. The summed E-state index contributed by atoms with van der Waals surface area (Å²) >= 11 is 0. The number of amides is 2. The van der Waals surface area contributed by atoms with Gasteiger partial charge in [0.2, 0.25) is 0 Å². The molecule has 2 amide bonds. The maximum absolute atomic E-state index is 13.9. The van der Waals surface area contributed by atoms with Crippen LogP contribution in [0.4, 0.5) is 5.69 Å². The second-order valence-electron chi connectivity index (χ2n) is 12.8. The molecule has 0 fully saturated rings. The van der Waals surface area contributed by atoms with Gasteiger partial charge in [0.15, 0.2) is 0 Å². The van der Waals surface area contributed by atoms with Crippen LogP contribution in [0, 0.1) is 45.3 Å². The minimum absolute atomic E-state index is 0.0309. The van der Waals surface area contributed by atoms with Crippen molar-refractivity contribution in [2.24, 2.45) is 0 Å². The van der Waals surface area contributed by atoms with Gasteiger partial charge in [0.05, 0.1) is 16.8 Å². The molecule has 3 aliphatic rings. The van der Waals surface area contributed by atoms with E-state index in [9.17, 15) is 30.6 Å². The average molecular weight is 626 g/mol. The van der Waals surface area contributed by atoms with Crippen molar-refractivity contribution in [3.8, 4) is 24.3 Å². The maximum Gasteiger partial charge on any atom is 0.266 e. The lowest BCUT2D eigenvalue weighted by Gasteiger charge is -2.25. The lowest BCUT2D eigenvalue weighted by molar-refractivity contribution is 0.0925. The summed E-state index contributed by atoms with van der Waals surface area (Å²) in [5.41, 5.74) is 7.58. The van der Waals surface area contributed by atoms with Crippen LogP contribution in [-0.4, -0.2) is 11.8 Å². The van der Waals surface area contributed by atoms with Gasteiger partial charge in [0.1, 0.15) is 35.4 Å². The monoisotopic (exact) mass is 625 g/mol. The molecule has 3 aromatic rings. The van der Waals surface area contributed by atoms with E-state index in [1.165, 1.54) is 4.90 Å². The molecule has 0 aromatic heterocycles. The third-order valence-electron chi connectivity index (χ3n) is 9.40. The Bertz CT molecular complexity index is 2150. The number of nitrogens with zero attached hydrogens (tertiary/aromatic N) is 5. The first kappa shape index (κ1) is 31.7. The first-order chi connectivity index (χ1) is 23.1. The molecule has 1 aliphatic heterocycles. The van der Waals surface area contributed by atoms with Crippen molar-refractivity contribution in [3.63, 3.8) is 0 Å². The summed E-state index contributed by atoms with van der Waals surface area (Å²) in [5, 5.41) is 38.2. The van der Waals surface area contributed by atoms with Gasteiger partial charge in [-0.1, -0.05) is 88.4 Å². The molecule has 7 nitrogen and oxygen atoms in total. The van der Waals surface area contributed by atoms with Gasteiger partial charge in [-0.15, -0.1) is 0 Å². The van der Waals surface area contributed by atoms with Gasteiger partial charge in [0, 0.05) is 18.3 Å². The highest BCUT2D eigenvalue weighted by atomic mass is 16.2. The number of hydrogen-bond donors (Lipinski definition) is 0. The number of allylic oxidation sites excluding steroid dienone is 8. The van der Waals surface area contributed by atoms with Crippen molar-refractivity contribution in [3.05, 3.63) is 135 Å².